The van der Waals surface area contributed by atoms with Crippen LogP contribution in [-0.2, 0) is 0 Å². The van der Waals surface area contributed by atoms with Gasteiger partial charge in [-0.3, -0.25) is 4.79 Å². The average Bonchev–Trinajstić information content (AvgIpc) is 2.52. The molecule has 0 saturated carbocycles. The summed E-state index contributed by atoms with van der Waals surface area (Å²) in [6.45, 7) is 2.39. The minimum atomic E-state index is -0.0249. The second kappa shape index (κ2) is 7.09. The first kappa shape index (κ1) is 16.0. The molecule has 1 unspecified atom stereocenters. The summed E-state index contributed by atoms with van der Waals surface area (Å²) < 4.78 is 1.66. The molecule has 1 aromatic heterocycles. The highest BCUT2D eigenvalue weighted by Gasteiger charge is 2.03. The summed E-state index contributed by atoms with van der Waals surface area (Å²) in [5, 5.41) is 0. The van der Waals surface area contributed by atoms with Crippen LogP contribution < -0.4 is 16.2 Å². The summed E-state index contributed by atoms with van der Waals surface area (Å²) >= 11 is 0. The van der Waals surface area contributed by atoms with E-state index < -0.39 is 0 Å². The van der Waals surface area contributed by atoms with Crippen LogP contribution in [0.4, 0.5) is 5.69 Å². The molecule has 22 heavy (non-hydrogen) atoms. The van der Waals surface area contributed by atoms with Crippen LogP contribution in [0.15, 0.2) is 47.4 Å². The third kappa shape index (κ3) is 3.86. The Balaban J connectivity index is 2.16. The molecule has 1 heterocycles. The largest absolute Gasteiger partial charge is 0.378 e. The van der Waals surface area contributed by atoms with Gasteiger partial charge in [-0.2, -0.15) is 0 Å². The highest BCUT2D eigenvalue weighted by molar-refractivity contribution is 5.70. The summed E-state index contributed by atoms with van der Waals surface area (Å²) in [5.41, 5.74) is 8.73. The SMILES string of the molecule is CC(CN)n1ccc(/C=C/c2ccc(N(C)C)cc2)cc1=O. The number of aromatic nitrogens is 1. The maximum atomic E-state index is 12.0. The Morgan fingerprint density at radius 3 is 2.32 bits per heavy atom. The molecule has 1 aromatic carbocycles. The van der Waals surface area contributed by atoms with E-state index in [0.717, 1.165) is 16.8 Å². The lowest BCUT2D eigenvalue weighted by Crippen LogP contribution is -2.26. The van der Waals surface area contributed by atoms with Crippen LogP contribution in [0.3, 0.4) is 0 Å². The van der Waals surface area contributed by atoms with Gasteiger partial charge in [-0.15, -0.1) is 0 Å². The first-order valence-electron chi connectivity index (χ1n) is 7.39. The van der Waals surface area contributed by atoms with Crippen LogP contribution >= 0.6 is 0 Å². The van der Waals surface area contributed by atoms with Crippen molar-refractivity contribution in [3.63, 3.8) is 0 Å². The highest BCUT2D eigenvalue weighted by Crippen LogP contribution is 2.14. The van der Waals surface area contributed by atoms with Crippen molar-refractivity contribution in [3.05, 3.63) is 64.1 Å². The lowest BCUT2D eigenvalue weighted by molar-refractivity contribution is 0.540. The van der Waals surface area contributed by atoms with Gasteiger partial charge in [0.05, 0.1) is 0 Å². The molecule has 0 bridgehead atoms. The fourth-order valence-corrected chi connectivity index (χ4v) is 2.16. The topological polar surface area (TPSA) is 51.3 Å². The van der Waals surface area contributed by atoms with Gasteiger partial charge in [-0.25, -0.2) is 0 Å². The van der Waals surface area contributed by atoms with Gasteiger partial charge in [0, 0.05) is 44.6 Å². The zero-order chi connectivity index (χ0) is 16.1. The van der Waals surface area contributed by atoms with Crippen LogP contribution in [-0.4, -0.2) is 25.2 Å². The van der Waals surface area contributed by atoms with Gasteiger partial charge >= 0.3 is 0 Å². The van der Waals surface area contributed by atoms with Crippen LogP contribution in [0.1, 0.15) is 24.1 Å². The lowest BCUT2D eigenvalue weighted by atomic mass is 10.1. The molecule has 0 aliphatic rings. The van der Waals surface area contributed by atoms with Crippen molar-refractivity contribution in [1.82, 2.24) is 4.57 Å². The summed E-state index contributed by atoms with van der Waals surface area (Å²) in [6, 6.07) is 11.8. The molecule has 0 fully saturated rings. The number of hydrogen-bond donors (Lipinski definition) is 1. The number of nitrogens with two attached hydrogens (primary N) is 1. The number of hydrogen-bond acceptors (Lipinski definition) is 3. The van der Waals surface area contributed by atoms with Gasteiger partial charge in [0.1, 0.15) is 0 Å². The smallest absolute Gasteiger partial charge is 0.251 e. The van der Waals surface area contributed by atoms with E-state index in [-0.39, 0.29) is 11.6 Å². The Hall–Kier alpha value is -2.33. The minimum absolute atomic E-state index is 0.0177. The van der Waals surface area contributed by atoms with Crippen LogP contribution in [0, 0.1) is 0 Å². The van der Waals surface area contributed by atoms with Crippen molar-refractivity contribution in [1.29, 1.82) is 0 Å². The molecule has 0 aliphatic heterocycles. The third-order valence-electron chi connectivity index (χ3n) is 3.67. The van der Waals surface area contributed by atoms with Gasteiger partial charge in [0.15, 0.2) is 0 Å². The van der Waals surface area contributed by atoms with E-state index in [2.05, 4.69) is 29.2 Å². The Labute approximate surface area is 131 Å². The first-order chi connectivity index (χ1) is 10.5. The molecule has 0 aliphatic carbocycles. The van der Waals surface area contributed by atoms with Crippen molar-refractivity contribution >= 4 is 17.8 Å². The van der Waals surface area contributed by atoms with Crippen molar-refractivity contribution < 1.29 is 0 Å². The monoisotopic (exact) mass is 297 g/mol. The van der Waals surface area contributed by atoms with Gasteiger partial charge in [0.2, 0.25) is 0 Å². The van der Waals surface area contributed by atoms with E-state index in [0.29, 0.717) is 6.54 Å². The number of rotatable bonds is 5. The Kier molecular flexibility index (Phi) is 5.17. The van der Waals surface area contributed by atoms with Crippen molar-refractivity contribution in [2.45, 2.75) is 13.0 Å². The molecule has 116 valence electrons. The van der Waals surface area contributed by atoms with Gasteiger partial charge in [-0.1, -0.05) is 24.3 Å². The molecule has 0 spiro atoms. The lowest BCUT2D eigenvalue weighted by Gasteiger charge is -2.12. The maximum absolute atomic E-state index is 12.0. The highest BCUT2D eigenvalue weighted by atomic mass is 16.1. The zero-order valence-electron chi connectivity index (χ0n) is 13.4. The Bertz CT molecular complexity index is 699. The van der Waals surface area contributed by atoms with Gasteiger partial charge in [0.25, 0.3) is 5.56 Å². The predicted molar refractivity (Wildman–Crippen MR) is 94.2 cm³/mol. The quantitative estimate of drug-likeness (QED) is 0.923. The minimum Gasteiger partial charge on any atom is -0.378 e. The zero-order valence-corrected chi connectivity index (χ0v) is 13.4. The van der Waals surface area contributed by atoms with E-state index in [1.54, 1.807) is 16.8 Å². The number of benzene rings is 1. The molecule has 4 nitrogen and oxygen atoms in total. The summed E-state index contributed by atoms with van der Waals surface area (Å²) in [5.74, 6) is 0. The number of nitrogens with zero attached hydrogens (tertiary/aromatic N) is 2. The second-order valence-electron chi connectivity index (χ2n) is 5.61. The van der Waals surface area contributed by atoms with E-state index >= 15 is 0 Å². The van der Waals surface area contributed by atoms with Crippen LogP contribution in [0.2, 0.25) is 0 Å². The van der Waals surface area contributed by atoms with E-state index in [1.165, 1.54) is 0 Å². The second-order valence-corrected chi connectivity index (χ2v) is 5.61. The Morgan fingerprint density at radius 2 is 1.77 bits per heavy atom. The third-order valence-corrected chi connectivity index (χ3v) is 3.67. The summed E-state index contributed by atoms with van der Waals surface area (Å²) in [7, 11) is 4.03. The maximum Gasteiger partial charge on any atom is 0.251 e. The van der Waals surface area contributed by atoms with E-state index in [1.807, 2.05) is 39.2 Å². The van der Waals surface area contributed by atoms with Crippen molar-refractivity contribution in [3.8, 4) is 0 Å². The molecule has 4 heteroatoms. The van der Waals surface area contributed by atoms with Gasteiger partial charge in [-0.05, 0) is 36.2 Å². The van der Waals surface area contributed by atoms with E-state index in [9.17, 15) is 4.79 Å². The fraction of sp³-hybridized carbons (Fsp3) is 0.278. The molecular weight excluding hydrogens is 274 g/mol. The van der Waals surface area contributed by atoms with Crippen molar-refractivity contribution in [2.24, 2.45) is 5.73 Å². The molecule has 1 atom stereocenters. The summed E-state index contributed by atoms with van der Waals surface area (Å²) in [4.78, 5) is 14.1. The molecular formula is C18H23N3O. The first-order valence-corrected chi connectivity index (χ1v) is 7.39. The normalized spacial score (nSPS) is 12.5. The fourth-order valence-electron chi connectivity index (χ4n) is 2.16. The van der Waals surface area contributed by atoms with Crippen molar-refractivity contribution in [2.75, 3.05) is 25.5 Å². The molecule has 0 saturated heterocycles. The predicted octanol–water partition coefficient (Wildman–Crippen LogP) is 2.60. The Morgan fingerprint density at radius 1 is 1.14 bits per heavy atom. The molecule has 0 radical (unpaired) electrons. The average molecular weight is 297 g/mol. The molecule has 2 aromatic rings. The number of anilines is 1. The standard InChI is InChI=1S/C18H23N3O/c1-14(13-19)21-11-10-16(12-18(21)22)5-4-15-6-8-17(9-7-15)20(2)3/h4-12,14H,13,19H2,1-3H3/b5-4+. The molecule has 2 rings (SSSR count). The molecule has 2 N–H and O–H groups in total. The number of pyridine rings is 1. The van der Waals surface area contributed by atoms with Gasteiger partial charge < -0.3 is 15.2 Å². The summed E-state index contributed by atoms with van der Waals surface area (Å²) in [6.07, 6.45) is 5.75. The van der Waals surface area contributed by atoms with Crippen LogP contribution in [0.25, 0.3) is 12.2 Å². The molecule has 0 amide bonds. The van der Waals surface area contributed by atoms with Crippen LogP contribution in [0.5, 0.6) is 0 Å². The van der Waals surface area contributed by atoms with E-state index in [4.69, 9.17) is 5.73 Å².